The van der Waals surface area contributed by atoms with Crippen LogP contribution in [-0.4, -0.2) is 12.1 Å². The Hall–Kier alpha value is -1.60. The molecule has 84 valence electrons. The number of nitrogens with zero attached hydrogens (tertiary/aromatic N) is 1. The molecule has 0 fully saturated rings. The topological polar surface area (TPSA) is 50.1 Å². The Morgan fingerprint density at radius 1 is 1.56 bits per heavy atom. The van der Waals surface area contributed by atoms with Crippen molar-refractivity contribution in [3.63, 3.8) is 0 Å². The molecule has 1 aromatic heterocycles. The largest absolute Gasteiger partial charge is 0.459 e. The van der Waals surface area contributed by atoms with Crippen LogP contribution >= 0.6 is 11.3 Å². The Balaban J connectivity index is 2.87. The number of carbonyl (C=O) groups is 1. The molecule has 16 heavy (non-hydrogen) atoms. The van der Waals surface area contributed by atoms with Crippen LogP contribution < -0.4 is 0 Å². The Morgan fingerprint density at radius 3 is 2.69 bits per heavy atom. The van der Waals surface area contributed by atoms with E-state index < -0.39 is 5.97 Å². The molecule has 0 radical (unpaired) electrons. The molecule has 0 saturated carbocycles. The summed E-state index contributed by atoms with van der Waals surface area (Å²) in [6.07, 6.45) is 1.34. The first-order valence-corrected chi connectivity index (χ1v) is 5.74. The van der Waals surface area contributed by atoms with Gasteiger partial charge in [-0.25, -0.2) is 4.79 Å². The van der Waals surface area contributed by atoms with Gasteiger partial charge in [0.15, 0.2) is 0 Å². The van der Waals surface area contributed by atoms with E-state index in [1.165, 1.54) is 11.3 Å². The van der Waals surface area contributed by atoms with E-state index in [1.807, 2.05) is 25.1 Å². The predicted molar refractivity (Wildman–Crippen MR) is 63.9 cm³/mol. The highest BCUT2D eigenvalue weighted by molar-refractivity contribution is 7.12. The normalized spacial score (nSPS) is 11.3. The van der Waals surface area contributed by atoms with Gasteiger partial charge in [-0.05, 0) is 39.0 Å². The molecule has 0 aliphatic heterocycles. The molecule has 0 spiro atoms. The summed E-state index contributed by atoms with van der Waals surface area (Å²) >= 11 is 1.53. The summed E-state index contributed by atoms with van der Waals surface area (Å²) in [7, 11) is 0. The summed E-state index contributed by atoms with van der Waals surface area (Å²) < 4.78 is 4.96. The molecular formula is C12H13NO2S. The second kappa shape index (κ2) is 5.47. The number of hydrogen-bond acceptors (Lipinski definition) is 4. The third-order valence-corrected chi connectivity index (χ3v) is 2.68. The average Bonchev–Trinajstić information content (AvgIpc) is 2.59. The van der Waals surface area contributed by atoms with Crippen LogP contribution in [0.4, 0.5) is 0 Å². The lowest BCUT2D eigenvalue weighted by atomic mass is 10.2. The van der Waals surface area contributed by atoms with Gasteiger partial charge in [0, 0.05) is 9.75 Å². The zero-order valence-corrected chi connectivity index (χ0v) is 10.3. The first-order chi connectivity index (χ1) is 7.52. The van der Waals surface area contributed by atoms with Gasteiger partial charge in [-0.3, -0.25) is 0 Å². The number of hydrogen-bond donors (Lipinski definition) is 0. The molecule has 0 atom stereocenters. The summed E-state index contributed by atoms with van der Waals surface area (Å²) in [5, 5.41) is 8.86. The van der Waals surface area contributed by atoms with Crippen molar-refractivity contribution in [3.8, 4) is 6.07 Å². The molecule has 0 aliphatic rings. The SMILES string of the molecule is Cc1ccc(C=C(C#N)C(=O)OC(C)C)s1. The van der Waals surface area contributed by atoms with E-state index in [2.05, 4.69) is 0 Å². The van der Waals surface area contributed by atoms with Gasteiger partial charge in [0.1, 0.15) is 11.6 Å². The first kappa shape index (κ1) is 12.5. The maximum atomic E-state index is 11.5. The fourth-order valence-corrected chi connectivity index (χ4v) is 1.91. The maximum absolute atomic E-state index is 11.5. The summed E-state index contributed by atoms with van der Waals surface area (Å²) in [6.45, 7) is 5.48. The lowest BCUT2D eigenvalue weighted by Gasteiger charge is -2.05. The predicted octanol–water partition coefficient (Wildman–Crippen LogP) is 2.92. The monoisotopic (exact) mass is 235 g/mol. The number of ether oxygens (including phenoxy) is 1. The molecule has 0 aliphatic carbocycles. The number of nitriles is 1. The highest BCUT2D eigenvalue weighted by Gasteiger charge is 2.12. The van der Waals surface area contributed by atoms with Gasteiger partial charge in [0.05, 0.1) is 6.10 Å². The summed E-state index contributed by atoms with van der Waals surface area (Å²) in [5.41, 5.74) is 0.0375. The van der Waals surface area contributed by atoms with E-state index in [0.29, 0.717) is 0 Å². The van der Waals surface area contributed by atoms with E-state index in [0.717, 1.165) is 9.75 Å². The molecule has 0 N–H and O–H groups in total. The van der Waals surface area contributed by atoms with Crippen molar-refractivity contribution in [2.75, 3.05) is 0 Å². The van der Waals surface area contributed by atoms with Crippen LogP contribution in [0.15, 0.2) is 17.7 Å². The van der Waals surface area contributed by atoms with Gasteiger partial charge in [-0.15, -0.1) is 11.3 Å². The van der Waals surface area contributed by atoms with Crippen molar-refractivity contribution in [2.45, 2.75) is 26.9 Å². The van der Waals surface area contributed by atoms with E-state index in [1.54, 1.807) is 19.9 Å². The molecular weight excluding hydrogens is 222 g/mol. The van der Waals surface area contributed by atoms with Crippen LogP contribution in [-0.2, 0) is 9.53 Å². The lowest BCUT2D eigenvalue weighted by molar-refractivity contribution is -0.142. The zero-order chi connectivity index (χ0) is 12.1. The number of carbonyl (C=O) groups excluding carboxylic acids is 1. The Kier molecular flexibility index (Phi) is 4.27. The number of esters is 1. The molecule has 0 unspecified atom stereocenters. The summed E-state index contributed by atoms with van der Waals surface area (Å²) in [5.74, 6) is -0.566. The quantitative estimate of drug-likeness (QED) is 0.460. The molecule has 0 aromatic carbocycles. The minimum atomic E-state index is -0.566. The first-order valence-electron chi connectivity index (χ1n) is 4.92. The molecule has 1 heterocycles. The molecule has 3 nitrogen and oxygen atoms in total. The van der Waals surface area contributed by atoms with E-state index in [9.17, 15) is 4.79 Å². The van der Waals surface area contributed by atoms with Gasteiger partial charge in [-0.2, -0.15) is 5.26 Å². The van der Waals surface area contributed by atoms with Crippen LogP contribution in [0.5, 0.6) is 0 Å². The van der Waals surface area contributed by atoms with Gasteiger partial charge < -0.3 is 4.74 Å². The van der Waals surface area contributed by atoms with Gasteiger partial charge in [-0.1, -0.05) is 0 Å². The Bertz CT molecular complexity index is 452. The Morgan fingerprint density at radius 2 is 2.25 bits per heavy atom. The summed E-state index contributed by atoms with van der Waals surface area (Å²) in [6, 6.07) is 5.68. The minimum Gasteiger partial charge on any atom is -0.459 e. The van der Waals surface area contributed by atoms with Crippen LogP contribution in [0.2, 0.25) is 0 Å². The smallest absolute Gasteiger partial charge is 0.349 e. The van der Waals surface area contributed by atoms with Crippen LogP contribution in [0.1, 0.15) is 23.6 Å². The number of thiophene rings is 1. The molecule has 0 amide bonds. The van der Waals surface area contributed by atoms with Crippen molar-refractivity contribution >= 4 is 23.4 Å². The second-order valence-corrected chi connectivity index (χ2v) is 4.89. The van der Waals surface area contributed by atoms with Crippen LogP contribution in [0.3, 0.4) is 0 Å². The minimum absolute atomic E-state index is 0.0375. The van der Waals surface area contributed by atoms with Crippen LogP contribution in [0, 0.1) is 18.3 Å². The fourth-order valence-electron chi connectivity index (χ4n) is 1.09. The van der Waals surface area contributed by atoms with Gasteiger partial charge in [0.2, 0.25) is 0 Å². The number of rotatable bonds is 3. The van der Waals surface area contributed by atoms with E-state index in [4.69, 9.17) is 10.00 Å². The van der Waals surface area contributed by atoms with Crippen molar-refractivity contribution in [1.29, 1.82) is 5.26 Å². The Labute approximate surface area is 99.0 Å². The third-order valence-electron chi connectivity index (χ3n) is 1.73. The molecule has 0 bridgehead atoms. The van der Waals surface area contributed by atoms with Crippen molar-refractivity contribution in [2.24, 2.45) is 0 Å². The third kappa shape index (κ3) is 3.52. The average molecular weight is 235 g/mol. The highest BCUT2D eigenvalue weighted by Crippen LogP contribution is 2.18. The van der Waals surface area contributed by atoms with E-state index >= 15 is 0 Å². The summed E-state index contributed by atoms with van der Waals surface area (Å²) in [4.78, 5) is 13.5. The second-order valence-electron chi connectivity index (χ2n) is 3.57. The van der Waals surface area contributed by atoms with Crippen molar-refractivity contribution in [1.82, 2.24) is 0 Å². The van der Waals surface area contributed by atoms with Gasteiger partial charge in [0.25, 0.3) is 0 Å². The molecule has 1 aromatic rings. The molecule has 4 heteroatoms. The highest BCUT2D eigenvalue weighted by atomic mass is 32.1. The fraction of sp³-hybridized carbons (Fsp3) is 0.333. The van der Waals surface area contributed by atoms with Gasteiger partial charge >= 0.3 is 5.97 Å². The molecule has 0 saturated heterocycles. The maximum Gasteiger partial charge on any atom is 0.349 e. The van der Waals surface area contributed by atoms with Crippen molar-refractivity contribution < 1.29 is 9.53 Å². The zero-order valence-electron chi connectivity index (χ0n) is 9.48. The lowest BCUT2D eigenvalue weighted by Crippen LogP contribution is -2.12. The number of aryl methyl sites for hydroxylation is 1. The standard InChI is InChI=1S/C12H13NO2S/c1-8(2)15-12(14)10(7-13)6-11-5-4-9(3)16-11/h4-6,8H,1-3H3. The van der Waals surface area contributed by atoms with Crippen LogP contribution in [0.25, 0.3) is 6.08 Å². The van der Waals surface area contributed by atoms with E-state index in [-0.39, 0.29) is 11.7 Å². The molecule has 1 rings (SSSR count). The van der Waals surface area contributed by atoms with Crippen molar-refractivity contribution in [3.05, 3.63) is 27.5 Å².